The van der Waals surface area contributed by atoms with Crippen LogP contribution < -0.4 is 0 Å². The molecule has 0 bridgehead atoms. The summed E-state index contributed by atoms with van der Waals surface area (Å²) in [6.07, 6.45) is 0.871. The van der Waals surface area contributed by atoms with E-state index in [1.165, 1.54) is 11.8 Å². The van der Waals surface area contributed by atoms with Crippen LogP contribution in [0.15, 0.2) is 42.5 Å². The summed E-state index contributed by atoms with van der Waals surface area (Å²) in [6, 6.07) is 14.0. The average molecular weight is 405 g/mol. The number of nitrogens with zero attached hydrogens (tertiary/aromatic N) is 1. The number of hydrogen-bond acceptors (Lipinski definition) is 5. The molecule has 2 amide bonds. The number of imide groups is 1. The van der Waals surface area contributed by atoms with Gasteiger partial charge in [0, 0.05) is 45.1 Å². The number of hydrogen-bond donors (Lipinski definition) is 0. The summed E-state index contributed by atoms with van der Waals surface area (Å²) in [6.45, 7) is 1.81. The zero-order valence-electron chi connectivity index (χ0n) is 16.8. The Hall–Kier alpha value is -3.28. The molecule has 30 heavy (non-hydrogen) atoms. The first-order valence-corrected chi connectivity index (χ1v) is 10.1. The highest BCUT2D eigenvalue weighted by molar-refractivity contribution is 6.02. The number of benzene rings is 2. The molecule has 0 N–H and O–H groups in total. The molecule has 154 valence electrons. The number of ketones is 1. The molecular weight excluding hydrogens is 382 g/mol. The lowest BCUT2D eigenvalue weighted by Crippen LogP contribution is -2.31. The van der Waals surface area contributed by atoms with Crippen molar-refractivity contribution in [3.8, 4) is 11.1 Å². The molecule has 1 fully saturated rings. The highest BCUT2D eigenvalue weighted by atomic mass is 16.5. The van der Waals surface area contributed by atoms with E-state index < -0.39 is 0 Å². The molecule has 2 aromatic rings. The summed E-state index contributed by atoms with van der Waals surface area (Å²) in [5.74, 6) is -0.796. The fourth-order valence-corrected chi connectivity index (χ4v) is 4.27. The highest BCUT2D eigenvalue weighted by Crippen LogP contribution is 2.45. The number of likely N-dealkylation sites (tertiary alicyclic amines) is 1. The molecule has 6 heteroatoms. The molecular formula is C24H23NO5. The van der Waals surface area contributed by atoms with Crippen LogP contribution in [0.5, 0.6) is 0 Å². The fourth-order valence-electron chi connectivity index (χ4n) is 4.27. The normalized spacial score (nSPS) is 17.1. The predicted octanol–water partition coefficient (Wildman–Crippen LogP) is 3.01. The first-order chi connectivity index (χ1) is 14.4. The maximum atomic E-state index is 12.5. The smallest absolute Gasteiger partial charge is 0.302 e. The van der Waals surface area contributed by atoms with Crippen LogP contribution in [-0.4, -0.2) is 41.6 Å². The van der Waals surface area contributed by atoms with Gasteiger partial charge in [-0.3, -0.25) is 24.1 Å². The van der Waals surface area contributed by atoms with Crippen molar-refractivity contribution in [2.24, 2.45) is 0 Å². The summed E-state index contributed by atoms with van der Waals surface area (Å²) >= 11 is 0. The molecule has 1 unspecified atom stereocenters. The number of Topliss-reactive ketones (excluding diaryl/α,β-unsaturated/α-hetero) is 1. The van der Waals surface area contributed by atoms with Crippen LogP contribution in [0.25, 0.3) is 11.1 Å². The van der Waals surface area contributed by atoms with Gasteiger partial charge >= 0.3 is 5.97 Å². The zero-order valence-corrected chi connectivity index (χ0v) is 16.8. The van der Waals surface area contributed by atoms with E-state index in [0.29, 0.717) is 0 Å². The van der Waals surface area contributed by atoms with Gasteiger partial charge in [-0.15, -0.1) is 0 Å². The standard InChI is InChI=1S/C24H23NO5/c1-15(26)30-14-22-19-5-3-2-4-18(19)20-7-6-16(13-21(20)22)12-17(27)10-11-25-23(28)8-9-24(25)29/h2-7,13,22H,8-12,14H2,1H3. The minimum absolute atomic E-state index is 0.0190. The number of carbonyl (C=O) groups excluding carboxylic acids is 4. The van der Waals surface area contributed by atoms with E-state index in [1.807, 2.05) is 36.4 Å². The van der Waals surface area contributed by atoms with E-state index in [2.05, 4.69) is 6.07 Å². The molecule has 0 spiro atoms. The Morgan fingerprint density at radius 3 is 2.43 bits per heavy atom. The second-order valence-corrected chi connectivity index (χ2v) is 7.77. The Kier molecular flexibility index (Phi) is 5.48. The lowest BCUT2D eigenvalue weighted by Gasteiger charge is -2.15. The van der Waals surface area contributed by atoms with E-state index in [9.17, 15) is 19.2 Å². The summed E-state index contributed by atoms with van der Waals surface area (Å²) in [7, 11) is 0. The van der Waals surface area contributed by atoms with E-state index in [-0.39, 0.29) is 68.3 Å². The van der Waals surface area contributed by atoms with Crippen molar-refractivity contribution in [3.05, 3.63) is 59.2 Å². The molecule has 1 aliphatic heterocycles. The maximum absolute atomic E-state index is 12.5. The van der Waals surface area contributed by atoms with Gasteiger partial charge in [0.05, 0.1) is 0 Å². The second-order valence-electron chi connectivity index (χ2n) is 7.77. The Labute approximate surface area is 174 Å². The zero-order chi connectivity index (χ0) is 21.3. The van der Waals surface area contributed by atoms with Crippen LogP contribution in [-0.2, 0) is 30.3 Å². The minimum Gasteiger partial charge on any atom is -0.465 e. The van der Waals surface area contributed by atoms with Gasteiger partial charge in [0.1, 0.15) is 12.4 Å². The Balaban J connectivity index is 1.49. The number of ether oxygens (including phenoxy) is 1. The lowest BCUT2D eigenvalue weighted by molar-refractivity contribution is -0.141. The quantitative estimate of drug-likeness (QED) is 0.523. The van der Waals surface area contributed by atoms with Gasteiger partial charge in [-0.05, 0) is 27.8 Å². The molecule has 2 aromatic carbocycles. The largest absolute Gasteiger partial charge is 0.465 e. The van der Waals surface area contributed by atoms with Gasteiger partial charge in [-0.2, -0.15) is 0 Å². The SMILES string of the molecule is CC(=O)OCC1c2ccccc2-c2ccc(CC(=O)CCN3C(=O)CCC3=O)cc21. The number of carbonyl (C=O) groups is 4. The third kappa shape index (κ3) is 3.90. The Morgan fingerprint density at radius 1 is 1.00 bits per heavy atom. The monoisotopic (exact) mass is 405 g/mol. The topological polar surface area (TPSA) is 80.8 Å². The highest BCUT2D eigenvalue weighted by Gasteiger charge is 2.30. The molecule has 1 saturated heterocycles. The van der Waals surface area contributed by atoms with Gasteiger partial charge < -0.3 is 4.74 Å². The van der Waals surface area contributed by atoms with E-state index in [4.69, 9.17) is 4.74 Å². The van der Waals surface area contributed by atoms with Crippen molar-refractivity contribution in [1.29, 1.82) is 0 Å². The second kappa shape index (κ2) is 8.22. The fraction of sp³-hybridized carbons (Fsp3) is 0.333. The molecule has 2 aliphatic rings. The Bertz CT molecular complexity index is 1030. The van der Waals surface area contributed by atoms with Crippen LogP contribution >= 0.6 is 0 Å². The average Bonchev–Trinajstić information content (AvgIpc) is 3.21. The van der Waals surface area contributed by atoms with E-state index in [0.717, 1.165) is 27.8 Å². The summed E-state index contributed by atoms with van der Waals surface area (Å²) in [4.78, 5) is 48.4. The molecule has 1 heterocycles. The van der Waals surface area contributed by atoms with Crippen molar-refractivity contribution in [2.75, 3.05) is 13.2 Å². The Morgan fingerprint density at radius 2 is 1.70 bits per heavy atom. The first-order valence-electron chi connectivity index (χ1n) is 10.1. The lowest BCUT2D eigenvalue weighted by atomic mass is 9.95. The minimum atomic E-state index is -0.321. The van der Waals surface area contributed by atoms with Crippen molar-refractivity contribution in [2.45, 2.75) is 38.5 Å². The summed E-state index contributed by atoms with van der Waals surface area (Å²) < 4.78 is 5.30. The van der Waals surface area contributed by atoms with E-state index in [1.54, 1.807) is 0 Å². The van der Waals surface area contributed by atoms with Crippen LogP contribution in [0.2, 0.25) is 0 Å². The number of rotatable bonds is 7. The van der Waals surface area contributed by atoms with Crippen molar-refractivity contribution >= 4 is 23.6 Å². The molecule has 1 aliphatic carbocycles. The number of fused-ring (bicyclic) bond motifs is 3. The third-order valence-electron chi connectivity index (χ3n) is 5.74. The number of esters is 1. The third-order valence-corrected chi connectivity index (χ3v) is 5.74. The first kappa shape index (κ1) is 20.0. The predicted molar refractivity (Wildman–Crippen MR) is 110 cm³/mol. The van der Waals surface area contributed by atoms with Crippen molar-refractivity contribution < 1.29 is 23.9 Å². The van der Waals surface area contributed by atoms with Crippen molar-refractivity contribution in [1.82, 2.24) is 4.90 Å². The molecule has 1 atom stereocenters. The van der Waals surface area contributed by atoms with Crippen LogP contribution in [0, 0.1) is 0 Å². The molecule has 4 rings (SSSR count). The van der Waals surface area contributed by atoms with Gasteiger partial charge in [-0.1, -0.05) is 42.5 Å². The molecule has 0 saturated carbocycles. The van der Waals surface area contributed by atoms with Gasteiger partial charge in [0.15, 0.2) is 0 Å². The van der Waals surface area contributed by atoms with Crippen LogP contribution in [0.3, 0.4) is 0 Å². The number of amides is 2. The van der Waals surface area contributed by atoms with Crippen LogP contribution in [0.4, 0.5) is 0 Å². The molecule has 0 radical (unpaired) electrons. The van der Waals surface area contributed by atoms with Gasteiger partial charge in [0.25, 0.3) is 0 Å². The summed E-state index contributed by atoms with van der Waals surface area (Å²) in [5.41, 5.74) is 5.25. The molecule has 6 nitrogen and oxygen atoms in total. The van der Waals surface area contributed by atoms with Gasteiger partial charge in [0.2, 0.25) is 11.8 Å². The van der Waals surface area contributed by atoms with E-state index >= 15 is 0 Å². The van der Waals surface area contributed by atoms with Crippen molar-refractivity contribution in [3.63, 3.8) is 0 Å². The maximum Gasteiger partial charge on any atom is 0.302 e. The van der Waals surface area contributed by atoms with Gasteiger partial charge in [-0.25, -0.2) is 0 Å². The summed E-state index contributed by atoms with van der Waals surface area (Å²) in [5, 5.41) is 0. The van der Waals surface area contributed by atoms with Crippen LogP contribution in [0.1, 0.15) is 48.8 Å². The molecule has 0 aromatic heterocycles.